The van der Waals surface area contributed by atoms with Gasteiger partial charge in [-0.3, -0.25) is 4.79 Å². The van der Waals surface area contributed by atoms with Crippen molar-refractivity contribution in [3.8, 4) is 0 Å². The van der Waals surface area contributed by atoms with E-state index in [0.29, 0.717) is 5.69 Å². The number of fused-ring (bicyclic) bond motifs is 1. The fraction of sp³-hybridized carbons (Fsp3) is 0.235. The zero-order valence-electron chi connectivity index (χ0n) is 11.8. The lowest BCUT2D eigenvalue weighted by atomic mass is 10.0. The van der Waals surface area contributed by atoms with E-state index in [0.717, 1.165) is 35.3 Å². The molecular formula is C17H18N2O. The number of nitrogens with zero attached hydrogens (tertiary/aromatic N) is 1. The summed E-state index contributed by atoms with van der Waals surface area (Å²) in [6.45, 7) is 4.76. The Labute approximate surface area is 119 Å². The molecule has 0 unspecified atom stereocenters. The van der Waals surface area contributed by atoms with Gasteiger partial charge in [-0.1, -0.05) is 18.2 Å². The highest BCUT2D eigenvalue weighted by Crippen LogP contribution is 2.31. The van der Waals surface area contributed by atoms with Crippen molar-refractivity contribution >= 4 is 17.3 Å². The molecule has 0 saturated carbocycles. The monoisotopic (exact) mass is 266 g/mol. The minimum Gasteiger partial charge on any atom is -0.399 e. The van der Waals surface area contributed by atoms with Crippen LogP contribution in [0.15, 0.2) is 36.4 Å². The van der Waals surface area contributed by atoms with Crippen LogP contribution < -0.4 is 10.6 Å². The van der Waals surface area contributed by atoms with Crippen molar-refractivity contribution in [2.45, 2.75) is 20.3 Å². The molecule has 0 saturated heterocycles. The van der Waals surface area contributed by atoms with Gasteiger partial charge in [-0.25, -0.2) is 0 Å². The topological polar surface area (TPSA) is 46.3 Å². The third kappa shape index (κ3) is 1.95. The van der Waals surface area contributed by atoms with Gasteiger partial charge in [0.25, 0.3) is 5.91 Å². The van der Waals surface area contributed by atoms with Crippen molar-refractivity contribution in [1.29, 1.82) is 0 Å². The molecule has 1 aliphatic heterocycles. The second-order valence-electron chi connectivity index (χ2n) is 5.34. The van der Waals surface area contributed by atoms with Crippen LogP contribution in [0.5, 0.6) is 0 Å². The summed E-state index contributed by atoms with van der Waals surface area (Å²) in [6.07, 6.45) is 0.895. The van der Waals surface area contributed by atoms with Crippen LogP contribution in [0, 0.1) is 13.8 Å². The number of carbonyl (C=O) groups is 1. The van der Waals surface area contributed by atoms with Crippen LogP contribution >= 0.6 is 0 Å². The molecule has 0 fully saturated rings. The number of hydrogen-bond acceptors (Lipinski definition) is 2. The van der Waals surface area contributed by atoms with Crippen LogP contribution in [-0.4, -0.2) is 12.5 Å². The predicted molar refractivity (Wildman–Crippen MR) is 82.2 cm³/mol. The molecule has 0 aliphatic carbocycles. The highest BCUT2D eigenvalue weighted by Gasteiger charge is 2.26. The second kappa shape index (κ2) is 4.67. The molecule has 102 valence electrons. The fourth-order valence-electron chi connectivity index (χ4n) is 2.74. The van der Waals surface area contributed by atoms with E-state index in [1.807, 2.05) is 55.1 Å². The van der Waals surface area contributed by atoms with E-state index in [-0.39, 0.29) is 5.91 Å². The van der Waals surface area contributed by atoms with Gasteiger partial charge in [0.2, 0.25) is 0 Å². The molecule has 3 nitrogen and oxygen atoms in total. The van der Waals surface area contributed by atoms with Crippen molar-refractivity contribution < 1.29 is 4.79 Å². The Bertz CT molecular complexity index is 691. The van der Waals surface area contributed by atoms with E-state index in [2.05, 4.69) is 0 Å². The molecule has 3 rings (SSSR count). The molecule has 1 amide bonds. The van der Waals surface area contributed by atoms with Crippen LogP contribution in [0.25, 0.3) is 0 Å². The Kier molecular flexibility index (Phi) is 2.97. The van der Waals surface area contributed by atoms with Gasteiger partial charge in [0, 0.05) is 23.5 Å². The fourth-order valence-corrected chi connectivity index (χ4v) is 2.74. The largest absolute Gasteiger partial charge is 0.399 e. The van der Waals surface area contributed by atoms with E-state index >= 15 is 0 Å². The van der Waals surface area contributed by atoms with Crippen LogP contribution in [0.3, 0.4) is 0 Å². The average Bonchev–Trinajstić information content (AvgIpc) is 2.84. The summed E-state index contributed by atoms with van der Waals surface area (Å²) in [7, 11) is 0. The van der Waals surface area contributed by atoms with Gasteiger partial charge >= 0.3 is 0 Å². The third-order valence-electron chi connectivity index (χ3n) is 4.09. The third-order valence-corrected chi connectivity index (χ3v) is 4.09. The molecule has 0 aromatic heterocycles. The summed E-state index contributed by atoms with van der Waals surface area (Å²) in [6, 6.07) is 11.7. The molecule has 0 atom stereocenters. The van der Waals surface area contributed by atoms with E-state index in [4.69, 9.17) is 5.73 Å². The van der Waals surface area contributed by atoms with Gasteiger partial charge in [0.1, 0.15) is 0 Å². The number of aryl methyl sites for hydroxylation is 1. The number of nitrogens with two attached hydrogens (primary N) is 1. The van der Waals surface area contributed by atoms with Crippen molar-refractivity contribution in [3.63, 3.8) is 0 Å². The number of benzene rings is 2. The number of hydrogen-bond donors (Lipinski definition) is 1. The minimum atomic E-state index is 0.0653. The Morgan fingerprint density at radius 3 is 2.80 bits per heavy atom. The Balaban J connectivity index is 2.02. The Hall–Kier alpha value is -2.29. The molecule has 2 aromatic rings. The zero-order valence-corrected chi connectivity index (χ0v) is 11.8. The van der Waals surface area contributed by atoms with Gasteiger partial charge in [0.05, 0.1) is 0 Å². The minimum absolute atomic E-state index is 0.0653. The van der Waals surface area contributed by atoms with E-state index in [1.54, 1.807) is 0 Å². The summed E-state index contributed by atoms with van der Waals surface area (Å²) in [5.74, 6) is 0.0653. The Morgan fingerprint density at radius 1 is 1.20 bits per heavy atom. The summed E-state index contributed by atoms with van der Waals surface area (Å²) >= 11 is 0. The molecule has 2 N–H and O–H groups in total. The SMILES string of the molecule is Cc1cccc(C(=O)N2CCc3ccc(N)cc32)c1C. The maximum atomic E-state index is 12.8. The smallest absolute Gasteiger partial charge is 0.258 e. The maximum Gasteiger partial charge on any atom is 0.258 e. The van der Waals surface area contributed by atoms with Crippen molar-refractivity contribution in [2.75, 3.05) is 17.2 Å². The summed E-state index contributed by atoms with van der Waals surface area (Å²) in [5, 5.41) is 0. The van der Waals surface area contributed by atoms with Gasteiger partial charge in [0.15, 0.2) is 0 Å². The molecule has 0 bridgehead atoms. The van der Waals surface area contributed by atoms with Crippen molar-refractivity contribution in [1.82, 2.24) is 0 Å². The quantitative estimate of drug-likeness (QED) is 0.806. The second-order valence-corrected chi connectivity index (χ2v) is 5.34. The molecule has 1 aliphatic rings. The van der Waals surface area contributed by atoms with Crippen molar-refractivity contribution in [2.24, 2.45) is 0 Å². The highest BCUT2D eigenvalue weighted by atomic mass is 16.2. The summed E-state index contributed by atoms with van der Waals surface area (Å²) < 4.78 is 0. The molecule has 20 heavy (non-hydrogen) atoms. The number of anilines is 2. The lowest BCUT2D eigenvalue weighted by Crippen LogP contribution is -2.29. The van der Waals surface area contributed by atoms with Crippen LogP contribution in [0.1, 0.15) is 27.0 Å². The number of nitrogen functional groups attached to an aromatic ring is 1. The first-order chi connectivity index (χ1) is 9.58. The summed E-state index contributed by atoms with van der Waals surface area (Å²) in [5.41, 5.74) is 11.7. The van der Waals surface area contributed by atoms with Crippen molar-refractivity contribution in [3.05, 3.63) is 58.7 Å². The molecule has 0 radical (unpaired) electrons. The average molecular weight is 266 g/mol. The van der Waals surface area contributed by atoms with E-state index in [1.165, 1.54) is 5.56 Å². The predicted octanol–water partition coefficient (Wildman–Crippen LogP) is 3.09. The molecule has 3 heteroatoms. The number of amides is 1. The molecule has 1 heterocycles. The maximum absolute atomic E-state index is 12.8. The first-order valence-corrected chi connectivity index (χ1v) is 6.84. The first-order valence-electron chi connectivity index (χ1n) is 6.84. The highest BCUT2D eigenvalue weighted by molar-refractivity contribution is 6.08. The molecule has 0 spiro atoms. The number of carbonyl (C=O) groups excluding carboxylic acids is 1. The normalized spacial score (nSPS) is 13.4. The van der Waals surface area contributed by atoms with Crippen LogP contribution in [0.2, 0.25) is 0 Å². The molecular weight excluding hydrogens is 248 g/mol. The van der Waals surface area contributed by atoms with E-state index in [9.17, 15) is 4.79 Å². The molecule has 2 aromatic carbocycles. The Morgan fingerprint density at radius 2 is 2.00 bits per heavy atom. The van der Waals surface area contributed by atoms with Gasteiger partial charge in [-0.2, -0.15) is 0 Å². The zero-order chi connectivity index (χ0) is 14.3. The summed E-state index contributed by atoms with van der Waals surface area (Å²) in [4.78, 5) is 14.6. The van der Waals surface area contributed by atoms with Gasteiger partial charge in [-0.05, 0) is 55.2 Å². The standard InChI is InChI=1S/C17H18N2O/c1-11-4-3-5-15(12(11)2)17(20)19-9-8-13-6-7-14(18)10-16(13)19/h3-7,10H,8-9,18H2,1-2H3. The van der Waals surface area contributed by atoms with Crippen LogP contribution in [-0.2, 0) is 6.42 Å². The van der Waals surface area contributed by atoms with E-state index < -0.39 is 0 Å². The van der Waals surface area contributed by atoms with Crippen LogP contribution in [0.4, 0.5) is 11.4 Å². The lowest BCUT2D eigenvalue weighted by Gasteiger charge is -2.19. The first kappa shape index (κ1) is 12.7. The number of rotatable bonds is 1. The lowest BCUT2D eigenvalue weighted by molar-refractivity contribution is 0.0988. The van der Waals surface area contributed by atoms with Gasteiger partial charge in [-0.15, -0.1) is 0 Å². The van der Waals surface area contributed by atoms with Gasteiger partial charge < -0.3 is 10.6 Å².